The zero-order valence-electron chi connectivity index (χ0n) is 20.6. The Morgan fingerprint density at radius 1 is 1.18 bits per heavy atom. The maximum Gasteiger partial charge on any atom is 0.303 e. The highest BCUT2D eigenvalue weighted by molar-refractivity contribution is 5.77. The number of hydrogen-bond donors (Lipinski definition) is 3. The average molecular weight is 467 g/mol. The zero-order valence-corrected chi connectivity index (χ0v) is 20.6. The molecule has 1 aliphatic carbocycles. The Morgan fingerprint density at radius 2 is 1.91 bits per heavy atom. The van der Waals surface area contributed by atoms with Crippen molar-refractivity contribution in [1.29, 1.82) is 0 Å². The van der Waals surface area contributed by atoms with Crippen molar-refractivity contribution >= 4 is 23.0 Å². The summed E-state index contributed by atoms with van der Waals surface area (Å²) in [7, 11) is 0. The first-order valence-electron chi connectivity index (χ1n) is 12.6. The number of aliphatic hydroxyl groups is 1. The van der Waals surface area contributed by atoms with Crippen molar-refractivity contribution in [3.63, 3.8) is 0 Å². The Morgan fingerprint density at radius 3 is 2.53 bits per heavy atom. The van der Waals surface area contributed by atoms with Crippen molar-refractivity contribution in [1.82, 2.24) is 0 Å². The molecule has 2 aromatic rings. The minimum atomic E-state index is -0.817. The molecule has 34 heavy (non-hydrogen) atoms. The largest absolute Gasteiger partial charge is 0.493 e. The summed E-state index contributed by atoms with van der Waals surface area (Å²) in [6.07, 6.45) is 5.36. The van der Waals surface area contributed by atoms with Crippen LogP contribution in [0, 0.1) is 5.92 Å². The van der Waals surface area contributed by atoms with Crippen molar-refractivity contribution in [2.45, 2.75) is 76.9 Å². The number of benzene rings is 2. The number of carboxylic acid groups (broad SMARTS) is 1. The van der Waals surface area contributed by atoms with E-state index in [0.29, 0.717) is 5.92 Å². The zero-order chi connectivity index (χ0) is 24.3. The van der Waals surface area contributed by atoms with E-state index in [2.05, 4.69) is 22.3 Å². The van der Waals surface area contributed by atoms with Crippen LogP contribution in [0.2, 0.25) is 0 Å². The maximum absolute atomic E-state index is 11.4. The molecular weight excluding hydrogens is 428 g/mol. The molecule has 1 heterocycles. The van der Waals surface area contributed by atoms with Gasteiger partial charge >= 0.3 is 5.97 Å². The Labute approximate surface area is 202 Å². The molecule has 0 radical (unpaired) electrons. The summed E-state index contributed by atoms with van der Waals surface area (Å²) in [5.74, 6) is 0.757. The molecule has 3 N–H and O–H groups in total. The van der Waals surface area contributed by atoms with Crippen LogP contribution in [0.25, 0.3) is 0 Å². The van der Waals surface area contributed by atoms with Gasteiger partial charge in [0.2, 0.25) is 0 Å². The molecular formula is C28H38N2O4. The van der Waals surface area contributed by atoms with Gasteiger partial charge < -0.3 is 25.2 Å². The molecule has 1 saturated heterocycles. The van der Waals surface area contributed by atoms with Crippen molar-refractivity contribution in [3.05, 3.63) is 48.0 Å². The average Bonchev–Trinajstić information content (AvgIpc) is 3.49. The van der Waals surface area contributed by atoms with Gasteiger partial charge in [-0.25, -0.2) is 0 Å². The van der Waals surface area contributed by atoms with E-state index in [1.165, 1.54) is 12.8 Å². The number of nitrogens with one attached hydrogen (secondary N) is 1. The number of aliphatic carboxylic acids is 1. The number of carboxylic acids is 1. The maximum atomic E-state index is 11.4. The predicted octanol–water partition coefficient (Wildman–Crippen LogP) is 5.93. The fourth-order valence-electron chi connectivity index (χ4n) is 4.95. The van der Waals surface area contributed by atoms with E-state index in [0.717, 1.165) is 60.8 Å². The van der Waals surface area contributed by atoms with Gasteiger partial charge in [0.05, 0.1) is 36.0 Å². The predicted molar refractivity (Wildman–Crippen MR) is 136 cm³/mol. The Balaban J connectivity index is 1.62. The van der Waals surface area contributed by atoms with E-state index in [9.17, 15) is 15.0 Å². The molecule has 0 amide bonds. The summed E-state index contributed by atoms with van der Waals surface area (Å²) in [5, 5.41) is 23.7. The molecule has 6 heteroatoms. The van der Waals surface area contributed by atoms with E-state index >= 15 is 0 Å². The Hall–Kier alpha value is -2.73. The van der Waals surface area contributed by atoms with Gasteiger partial charge in [0.1, 0.15) is 5.75 Å². The van der Waals surface area contributed by atoms with Gasteiger partial charge in [-0.2, -0.15) is 0 Å². The first kappa shape index (κ1) is 24.4. The molecule has 4 rings (SSSR count). The lowest BCUT2D eigenvalue weighted by molar-refractivity contribution is -0.137. The lowest BCUT2D eigenvalue weighted by atomic mass is 9.91. The smallest absolute Gasteiger partial charge is 0.303 e. The summed E-state index contributed by atoms with van der Waals surface area (Å²) in [5.41, 5.74) is 3.11. The van der Waals surface area contributed by atoms with E-state index in [1.54, 1.807) is 0 Å². The van der Waals surface area contributed by atoms with Gasteiger partial charge in [-0.15, -0.1) is 0 Å². The second-order valence-corrected chi connectivity index (χ2v) is 10.4. The number of hydrogen-bond acceptors (Lipinski definition) is 5. The normalized spacial score (nSPS) is 19.2. The molecule has 184 valence electrons. The summed E-state index contributed by atoms with van der Waals surface area (Å²) in [6, 6.07) is 14.3. The van der Waals surface area contributed by atoms with Crippen LogP contribution in [0.3, 0.4) is 0 Å². The molecule has 1 saturated carbocycles. The van der Waals surface area contributed by atoms with Gasteiger partial charge in [-0.05, 0) is 99.7 Å². The van der Waals surface area contributed by atoms with Gasteiger partial charge in [0, 0.05) is 12.2 Å². The third-order valence-electron chi connectivity index (χ3n) is 7.10. The minimum absolute atomic E-state index is 0.0260. The van der Waals surface area contributed by atoms with Crippen LogP contribution in [0.1, 0.15) is 70.8 Å². The summed E-state index contributed by atoms with van der Waals surface area (Å²) >= 11 is 0. The van der Waals surface area contributed by atoms with Gasteiger partial charge in [0.25, 0.3) is 0 Å². The summed E-state index contributed by atoms with van der Waals surface area (Å²) in [4.78, 5) is 13.7. The number of carbonyl (C=O) groups is 1. The number of ether oxygens (including phenoxy) is 1. The Kier molecular flexibility index (Phi) is 7.36. The van der Waals surface area contributed by atoms with Crippen LogP contribution in [0.15, 0.2) is 42.5 Å². The Bertz CT molecular complexity index is 979. The molecule has 6 nitrogen and oxygen atoms in total. The van der Waals surface area contributed by atoms with Crippen molar-refractivity contribution in [3.8, 4) is 5.75 Å². The summed E-state index contributed by atoms with van der Waals surface area (Å²) < 4.78 is 5.87. The van der Waals surface area contributed by atoms with Crippen LogP contribution in [-0.4, -0.2) is 41.0 Å². The lowest BCUT2D eigenvalue weighted by Crippen LogP contribution is -2.46. The second kappa shape index (κ2) is 10.3. The van der Waals surface area contributed by atoms with Gasteiger partial charge in [-0.1, -0.05) is 13.0 Å². The third-order valence-corrected chi connectivity index (χ3v) is 7.10. The molecule has 0 aromatic heterocycles. The van der Waals surface area contributed by atoms with Gasteiger partial charge in [0.15, 0.2) is 0 Å². The lowest BCUT2D eigenvalue weighted by Gasteiger charge is -2.36. The summed E-state index contributed by atoms with van der Waals surface area (Å²) in [6.45, 7) is 7.44. The fraction of sp³-hybridized carbons (Fsp3) is 0.536. The molecule has 2 atom stereocenters. The minimum Gasteiger partial charge on any atom is -0.493 e. The van der Waals surface area contributed by atoms with E-state index < -0.39 is 11.6 Å². The second-order valence-electron chi connectivity index (χ2n) is 10.4. The van der Waals surface area contributed by atoms with Crippen LogP contribution in [0.5, 0.6) is 5.75 Å². The SMILES string of the molecule is CCC(CC(=O)O)c1ccc(N2CCC[C@H]2C(C)(C)O)c(Nc2ccc(OCC3CC3)cc2)c1. The first-order chi connectivity index (χ1) is 16.2. The van der Waals surface area contributed by atoms with Crippen LogP contribution < -0.4 is 15.0 Å². The van der Waals surface area contributed by atoms with Gasteiger partial charge in [-0.3, -0.25) is 4.79 Å². The highest BCUT2D eigenvalue weighted by Gasteiger charge is 2.37. The molecule has 1 aliphatic heterocycles. The molecule has 2 aliphatic rings. The number of rotatable bonds is 11. The highest BCUT2D eigenvalue weighted by Crippen LogP contribution is 2.40. The monoisotopic (exact) mass is 466 g/mol. The fourth-order valence-corrected chi connectivity index (χ4v) is 4.95. The standard InChI is InChI=1S/C28H38N2O4/c1-4-20(17-27(31)32)21-9-14-25(30-15-5-6-26(30)28(2,3)33)24(16-21)29-22-10-12-23(13-11-22)34-18-19-7-8-19/h9-14,16,19-20,26,29,33H,4-8,15,17-18H2,1-3H3,(H,31,32)/t20?,26-/m0/s1. The van der Waals surface area contributed by atoms with Crippen LogP contribution >= 0.6 is 0 Å². The van der Waals surface area contributed by atoms with Crippen LogP contribution in [0.4, 0.5) is 17.1 Å². The van der Waals surface area contributed by atoms with Crippen molar-refractivity contribution in [2.75, 3.05) is 23.4 Å². The van der Waals surface area contributed by atoms with Crippen molar-refractivity contribution in [2.24, 2.45) is 5.92 Å². The molecule has 1 unspecified atom stereocenters. The number of anilines is 3. The van der Waals surface area contributed by atoms with E-state index in [-0.39, 0.29) is 18.4 Å². The van der Waals surface area contributed by atoms with E-state index in [1.807, 2.05) is 51.1 Å². The van der Waals surface area contributed by atoms with E-state index in [4.69, 9.17) is 4.74 Å². The molecule has 2 fully saturated rings. The number of nitrogens with zero attached hydrogens (tertiary/aromatic N) is 1. The quantitative estimate of drug-likeness (QED) is 0.381. The third kappa shape index (κ3) is 6.03. The topological polar surface area (TPSA) is 82.0 Å². The molecule has 2 aromatic carbocycles. The van der Waals surface area contributed by atoms with Crippen molar-refractivity contribution < 1.29 is 19.7 Å². The first-order valence-corrected chi connectivity index (χ1v) is 12.6. The molecule has 0 spiro atoms. The highest BCUT2D eigenvalue weighted by atomic mass is 16.5. The molecule has 0 bridgehead atoms. The van der Waals surface area contributed by atoms with Crippen LogP contribution in [-0.2, 0) is 4.79 Å².